The summed E-state index contributed by atoms with van der Waals surface area (Å²) in [7, 11) is 0. The monoisotopic (exact) mass is 286 g/mol. The summed E-state index contributed by atoms with van der Waals surface area (Å²) < 4.78 is 13.2. The lowest BCUT2D eigenvalue weighted by molar-refractivity contribution is -0.120. The molecule has 0 saturated heterocycles. The molecule has 0 aromatic heterocycles. The number of aryl methyl sites for hydroxylation is 1. The predicted octanol–water partition coefficient (Wildman–Crippen LogP) is 3.42. The summed E-state index contributed by atoms with van der Waals surface area (Å²) in [6.45, 7) is 3.91. The Morgan fingerprint density at radius 3 is 2.62 bits per heavy atom. The number of rotatable bonds is 5. The Bertz CT molecular complexity index is 613. The molecule has 110 valence electrons. The molecule has 1 amide bonds. The van der Waals surface area contributed by atoms with Crippen molar-refractivity contribution in [3.05, 3.63) is 65.5 Å². The smallest absolute Gasteiger partial charge is 0.239 e. The van der Waals surface area contributed by atoms with Crippen LogP contribution < -0.4 is 10.6 Å². The zero-order valence-electron chi connectivity index (χ0n) is 12.2. The van der Waals surface area contributed by atoms with E-state index in [-0.39, 0.29) is 24.3 Å². The van der Waals surface area contributed by atoms with E-state index in [2.05, 4.69) is 10.6 Å². The molecular formula is C17H19FN2O. The standard InChI is InChI=1S/C17H19FN2O/c1-12-8-9-15(18)10-16(12)19-11-17(21)20-13(2)14-6-4-3-5-7-14/h3-10,13,19H,11H2,1-2H3,(H,20,21). The van der Waals surface area contributed by atoms with Crippen molar-refractivity contribution in [2.45, 2.75) is 19.9 Å². The van der Waals surface area contributed by atoms with Gasteiger partial charge in [0.05, 0.1) is 12.6 Å². The van der Waals surface area contributed by atoms with Crippen LogP contribution in [0.3, 0.4) is 0 Å². The van der Waals surface area contributed by atoms with E-state index < -0.39 is 0 Å². The molecule has 3 nitrogen and oxygen atoms in total. The zero-order valence-corrected chi connectivity index (χ0v) is 12.2. The van der Waals surface area contributed by atoms with Gasteiger partial charge in [0.15, 0.2) is 0 Å². The summed E-state index contributed by atoms with van der Waals surface area (Å²) in [5, 5.41) is 5.86. The lowest BCUT2D eigenvalue weighted by Crippen LogP contribution is -2.32. The Morgan fingerprint density at radius 2 is 1.90 bits per heavy atom. The molecule has 0 bridgehead atoms. The van der Waals surface area contributed by atoms with Gasteiger partial charge in [0, 0.05) is 5.69 Å². The van der Waals surface area contributed by atoms with Gasteiger partial charge in [-0.25, -0.2) is 4.39 Å². The topological polar surface area (TPSA) is 41.1 Å². The number of carbonyl (C=O) groups excluding carboxylic acids is 1. The van der Waals surface area contributed by atoms with E-state index >= 15 is 0 Å². The van der Waals surface area contributed by atoms with Crippen molar-refractivity contribution >= 4 is 11.6 Å². The summed E-state index contributed by atoms with van der Waals surface area (Å²) in [5.74, 6) is -0.448. The molecule has 2 N–H and O–H groups in total. The minimum atomic E-state index is -0.318. The number of nitrogens with one attached hydrogen (secondary N) is 2. The molecule has 4 heteroatoms. The molecule has 0 aliphatic carbocycles. The minimum absolute atomic E-state index is 0.0610. The van der Waals surface area contributed by atoms with Crippen molar-refractivity contribution in [1.29, 1.82) is 0 Å². The second-order valence-electron chi connectivity index (χ2n) is 5.01. The molecule has 0 aliphatic heterocycles. The first-order valence-corrected chi connectivity index (χ1v) is 6.90. The van der Waals surface area contributed by atoms with E-state index in [9.17, 15) is 9.18 Å². The zero-order chi connectivity index (χ0) is 15.2. The number of amides is 1. The molecule has 0 spiro atoms. The van der Waals surface area contributed by atoms with E-state index in [1.165, 1.54) is 12.1 Å². The van der Waals surface area contributed by atoms with E-state index in [0.29, 0.717) is 5.69 Å². The summed E-state index contributed by atoms with van der Waals surface area (Å²) in [5.41, 5.74) is 2.59. The van der Waals surface area contributed by atoms with Crippen LogP contribution in [0.5, 0.6) is 0 Å². The molecular weight excluding hydrogens is 267 g/mol. The van der Waals surface area contributed by atoms with Crippen molar-refractivity contribution in [3.8, 4) is 0 Å². The van der Waals surface area contributed by atoms with Crippen molar-refractivity contribution in [2.24, 2.45) is 0 Å². The van der Waals surface area contributed by atoms with Gasteiger partial charge >= 0.3 is 0 Å². The average molecular weight is 286 g/mol. The van der Waals surface area contributed by atoms with E-state index in [1.54, 1.807) is 6.07 Å². The molecule has 21 heavy (non-hydrogen) atoms. The van der Waals surface area contributed by atoms with Crippen LogP contribution in [0.4, 0.5) is 10.1 Å². The van der Waals surface area contributed by atoms with Crippen LogP contribution >= 0.6 is 0 Å². The van der Waals surface area contributed by atoms with Gasteiger partial charge in [-0.2, -0.15) is 0 Å². The third-order valence-corrected chi connectivity index (χ3v) is 3.32. The lowest BCUT2D eigenvalue weighted by atomic mass is 10.1. The number of anilines is 1. The van der Waals surface area contributed by atoms with Gasteiger partial charge in [0.1, 0.15) is 5.82 Å². The highest BCUT2D eigenvalue weighted by Gasteiger charge is 2.09. The molecule has 2 aromatic rings. The van der Waals surface area contributed by atoms with Crippen LogP contribution in [0.25, 0.3) is 0 Å². The van der Waals surface area contributed by atoms with Gasteiger partial charge < -0.3 is 10.6 Å². The van der Waals surface area contributed by atoms with Gasteiger partial charge in [-0.3, -0.25) is 4.79 Å². The fourth-order valence-electron chi connectivity index (χ4n) is 2.08. The van der Waals surface area contributed by atoms with Crippen molar-refractivity contribution in [2.75, 3.05) is 11.9 Å². The first-order valence-electron chi connectivity index (χ1n) is 6.90. The second kappa shape index (κ2) is 6.88. The lowest BCUT2D eigenvalue weighted by Gasteiger charge is -2.15. The maximum absolute atomic E-state index is 13.2. The average Bonchev–Trinajstić information content (AvgIpc) is 2.49. The van der Waals surface area contributed by atoms with Gasteiger partial charge in [0.2, 0.25) is 5.91 Å². The van der Waals surface area contributed by atoms with Crippen LogP contribution in [-0.4, -0.2) is 12.5 Å². The van der Waals surface area contributed by atoms with Crippen LogP contribution in [0.1, 0.15) is 24.1 Å². The third kappa shape index (κ3) is 4.31. The predicted molar refractivity (Wildman–Crippen MR) is 82.6 cm³/mol. The highest BCUT2D eigenvalue weighted by Crippen LogP contribution is 2.15. The fraction of sp³-hybridized carbons (Fsp3) is 0.235. The SMILES string of the molecule is Cc1ccc(F)cc1NCC(=O)NC(C)c1ccccc1. The number of hydrogen-bond donors (Lipinski definition) is 2. The maximum Gasteiger partial charge on any atom is 0.239 e. The molecule has 0 aliphatic rings. The Kier molecular flexibility index (Phi) is 4.93. The highest BCUT2D eigenvalue weighted by atomic mass is 19.1. The largest absolute Gasteiger partial charge is 0.376 e. The van der Waals surface area contributed by atoms with Crippen molar-refractivity contribution in [3.63, 3.8) is 0 Å². The molecule has 0 saturated carbocycles. The Balaban J connectivity index is 1.89. The van der Waals surface area contributed by atoms with Crippen LogP contribution in [-0.2, 0) is 4.79 Å². The fourth-order valence-corrected chi connectivity index (χ4v) is 2.08. The maximum atomic E-state index is 13.2. The first kappa shape index (κ1) is 15.0. The van der Waals surface area contributed by atoms with Crippen LogP contribution in [0.2, 0.25) is 0 Å². The molecule has 1 atom stereocenters. The second-order valence-corrected chi connectivity index (χ2v) is 5.01. The van der Waals surface area contributed by atoms with E-state index in [0.717, 1.165) is 11.1 Å². The van der Waals surface area contributed by atoms with E-state index in [4.69, 9.17) is 0 Å². The molecule has 2 rings (SSSR count). The summed E-state index contributed by atoms with van der Waals surface area (Å²) in [4.78, 5) is 11.9. The number of hydrogen-bond acceptors (Lipinski definition) is 2. The number of benzene rings is 2. The van der Waals surface area contributed by atoms with Crippen LogP contribution in [0, 0.1) is 12.7 Å². The highest BCUT2D eigenvalue weighted by molar-refractivity contribution is 5.81. The molecule has 1 unspecified atom stereocenters. The number of carbonyl (C=O) groups is 1. The quantitative estimate of drug-likeness (QED) is 0.884. The molecule has 0 radical (unpaired) electrons. The summed E-state index contributed by atoms with van der Waals surface area (Å²) in [6, 6.07) is 14.2. The van der Waals surface area contributed by atoms with Crippen LogP contribution in [0.15, 0.2) is 48.5 Å². The molecule has 0 heterocycles. The van der Waals surface area contributed by atoms with Gasteiger partial charge in [0.25, 0.3) is 0 Å². The summed E-state index contributed by atoms with van der Waals surface area (Å²) in [6.07, 6.45) is 0. The summed E-state index contributed by atoms with van der Waals surface area (Å²) >= 11 is 0. The Labute approximate surface area is 124 Å². The van der Waals surface area contributed by atoms with Gasteiger partial charge in [-0.15, -0.1) is 0 Å². The van der Waals surface area contributed by atoms with Crippen molar-refractivity contribution in [1.82, 2.24) is 5.32 Å². The van der Waals surface area contributed by atoms with Gasteiger partial charge in [-0.05, 0) is 37.1 Å². The molecule has 0 fully saturated rings. The third-order valence-electron chi connectivity index (χ3n) is 3.32. The minimum Gasteiger partial charge on any atom is -0.376 e. The van der Waals surface area contributed by atoms with E-state index in [1.807, 2.05) is 44.2 Å². The number of halogens is 1. The van der Waals surface area contributed by atoms with Crippen molar-refractivity contribution < 1.29 is 9.18 Å². The Morgan fingerprint density at radius 1 is 1.19 bits per heavy atom. The van der Waals surface area contributed by atoms with Gasteiger partial charge in [-0.1, -0.05) is 36.4 Å². The normalized spacial score (nSPS) is 11.8. The Hall–Kier alpha value is -2.36. The molecule has 2 aromatic carbocycles. The first-order chi connectivity index (χ1) is 10.1.